The van der Waals surface area contributed by atoms with Crippen LogP contribution < -0.4 is 10.6 Å². The summed E-state index contributed by atoms with van der Waals surface area (Å²) >= 11 is 0. The number of amidine groups is 2. The summed E-state index contributed by atoms with van der Waals surface area (Å²) in [4.78, 5) is 17.0. The highest BCUT2D eigenvalue weighted by molar-refractivity contribution is 5.98. The van der Waals surface area contributed by atoms with Gasteiger partial charge in [0.05, 0.1) is 18.4 Å². The second-order valence-corrected chi connectivity index (χ2v) is 10.9. The molecule has 38 heavy (non-hydrogen) atoms. The highest BCUT2D eigenvalue weighted by Gasteiger charge is 2.37. The van der Waals surface area contributed by atoms with Gasteiger partial charge in [0, 0.05) is 37.0 Å². The molecule has 1 aromatic rings. The fourth-order valence-corrected chi connectivity index (χ4v) is 5.52. The van der Waals surface area contributed by atoms with Gasteiger partial charge in [-0.05, 0) is 51.5 Å². The van der Waals surface area contributed by atoms with Gasteiger partial charge in [0.25, 0.3) is 0 Å². The van der Waals surface area contributed by atoms with Crippen LogP contribution in [0.3, 0.4) is 0 Å². The average Bonchev–Trinajstić information content (AvgIpc) is 2.86. The Balaban J connectivity index is 2.11. The first-order chi connectivity index (χ1) is 17.9. The normalized spacial score (nSPS) is 21.2. The molecule has 7 nitrogen and oxygen atoms in total. The number of benzene rings is 1. The minimum Gasteiger partial charge on any atom is -0.348 e. The second kappa shape index (κ2) is 14.7. The number of alkyl halides is 2. The molecule has 2 rings (SSSR count). The number of carbonyl (C=O) groups is 1. The lowest BCUT2D eigenvalue weighted by Gasteiger charge is -2.48. The molecule has 0 aliphatic carbocycles. The van der Waals surface area contributed by atoms with E-state index in [1.54, 1.807) is 13.8 Å². The van der Waals surface area contributed by atoms with Gasteiger partial charge in [-0.15, -0.1) is 0 Å². The number of carbonyl (C=O) groups excluding carboxylic acids is 1. The van der Waals surface area contributed by atoms with Gasteiger partial charge in [0.1, 0.15) is 5.84 Å². The SMILES string of the molecule is CCCC(F)(F)NCC(=O)NC(CCN1C(C)CC(N(C(C)=N)C(=N)C(C)C)CC1CC)c1ccccc1. The molecular weight excluding hydrogens is 486 g/mol. The zero-order valence-corrected chi connectivity index (χ0v) is 24.0. The summed E-state index contributed by atoms with van der Waals surface area (Å²) < 4.78 is 27.7. The molecule has 4 N–H and O–H groups in total. The van der Waals surface area contributed by atoms with Gasteiger partial charge in [0.2, 0.25) is 5.91 Å². The fourth-order valence-electron chi connectivity index (χ4n) is 5.52. The molecule has 4 unspecified atom stereocenters. The highest BCUT2D eigenvalue weighted by Crippen LogP contribution is 2.31. The van der Waals surface area contributed by atoms with E-state index in [0.29, 0.717) is 24.5 Å². The third kappa shape index (κ3) is 9.12. The lowest BCUT2D eigenvalue weighted by Crippen LogP contribution is -2.56. The van der Waals surface area contributed by atoms with Crippen molar-refractivity contribution in [3.05, 3.63) is 35.9 Å². The molecule has 0 saturated carbocycles. The van der Waals surface area contributed by atoms with Crippen molar-refractivity contribution >= 4 is 17.6 Å². The first-order valence-corrected chi connectivity index (χ1v) is 14.1. The van der Waals surface area contributed by atoms with Gasteiger partial charge in [-0.1, -0.05) is 58.0 Å². The standard InChI is InChI=1S/C29H48F2N6O/c1-7-15-29(30,31)34-19-27(38)35-26(23-12-10-9-11-13-23)14-16-36-21(5)17-25(18-24(36)8-2)37(22(6)32)28(33)20(3)4/h9-13,20-21,24-26,32-34H,7-8,14-19H2,1-6H3,(H,35,38). The van der Waals surface area contributed by atoms with Crippen molar-refractivity contribution in [1.29, 1.82) is 10.8 Å². The quantitative estimate of drug-likeness (QED) is 0.147. The van der Waals surface area contributed by atoms with Crippen LogP contribution >= 0.6 is 0 Å². The average molecular weight is 535 g/mol. The highest BCUT2D eigenvalue weighted by atomic mass is 19.3. The Kier molecular flexibility index (Phi) is 12.3. The Morgan fingerprint density at radius 2 is 1.84 bits per heavy atom. The molecule has 1 fully saturated rings. The molecule has 1 saturated heterocycles. The number of nitrogens with zero attached hydrogens (tertiary/aromatic N) is 2. The first-order valence-electron chi connectivity index (χ1n) is 14.1. The molecule has 0 spiro atoms. The molecule has 0 aromatic heterocycles. The third-order valence-electron chi connectivity index (χ3n) is 7.48. The lowest BCUT2D eigenvalue weighted by molar-refractivity contribution is -0.124. The van der Waals surface area contributed by atoms with Crippen LogP contribution in [-0.4, -0.2) is 64.6 Å². The third-order valence-corrected chi connectivity index (χ3v) is 7.48. The molecular formula is C29H48F2N6O. The van der Waals surface area contributed by atoms with E-state index in [4.69, 9.17) is 10.8 Å². The van der Waals surface area contributed by atoms with Crippen molar-refractivity contribution < 1.29 is 13.6 Å². The van der Waals surface area contributed by atoms with Crippen molar-refractivity contribution in [2.75, 3.05) is 13.1 Å². The molecule has 214 valence electrons. The minimum absolute atomic E-state index is 0.0513. The van der Waals surface area contributed by atoms with E-state index in [9.17, 15) is 13.6 Å². The van der Waals surface area contributed by atoms with Crippen molar-refractivity contribution in [2.45, 2.75) is 110 Å². The smallest absolute Gasteiger partial charge is 0.302 e. The summed E-state index contributed by atoms with van der Waals surface area (Å²) in [5, 5.41) is 22.0. The number of amides is 1. The monoisotopic (exact) mass is 534 g/mol. The van der Waals surface area contributed by atoms with Crippen LogP contribution in [0.25, 0.3) is 0 Å². The van der Waals surface area contributed by atoms with Gasteiger partial charge >= 0.3 is 6.05 Å². The van der Waals surface area contributed by atoms with Crippen LogP contribution in [-0.2, 0) is 4.79 Å². The van der Waals surface area contributed by atoms with Crippen molar-refractivity contribution in [2.24, 2.45) is 5.92 Å². The van der Waals surface area contributed by atoms with E-state index in [-0.39, 0.29) is 36.5 Å². The zero-order chi connectivity index (χ0) is 28.5. The molecule has 9 heteroatoms. The summed E-state index contributed by atoms with van der Waals surface area (Å²) in [7, 11) is 0. The van der Waals surface area contributed by atoms with Crippen molar-refractivity contribution in [3.63, 3.8) is 0 Å². The van der Waals surface area contributed by atoms with Crippen LogP contribution in [0, 0.1) is 16.7 Å². The fraction of sp³-hybridized carbons (Fsp3) is 0.690. The number of halogens is 2. The molecule has 1 aliphatic rings. The summed E-state index contributed by atoms with van der Waals surface area (Å²) in [5.74, 6) is 0.505. The number of rotatable bonds is 13. The van der Waals surface area contributed by atoms with Gasteiger partial charge in [-0.3, -0.25) is 20.5 Å². The molecule has 1 amide bonds. The van der Waals surface area contributed by atoms with Gasteiger partial charge in [-0.25, -0.2) is 5.32 Å². The molecule has 1 heterocycles. The van der Waals surface area contributed by atoms with E-state index in [2.05, 4.69) is 29.4 Å². The molecule has 0 bridgehead atoms. The number of hydrogen-bond donors (Lipinski definition) is 4. The number of likely N-dealkylation sites (tertiary alicyclic amines) is 1. The maximum atomic E-state index is 13.9. The molecule has 4 atom stereocenters. The van der Waals surface area contributed by atoms with Crippen LogP contribution in [0.1, 0.15) is 91.7 Å². The number of nitrogens with one attached hydrogen (secondary N) is 4. The van der Waals surface area contributed by atoms with Crippen LogP contribution in [0.4, 0.5) is 8.78 Å². The Labute approximate surface area is 227 Å². The summed E-state index contributed by atoms with van der Waals surface area (Å²) in [5.41, 5.74) is 0.952. The summed E-state index contributed by atoms with van der Waals surface area (Å²) in [6, 6.07) is 6.96. The van der Waals surface area contributed by atoms with Crippen molar-refractivity contribution in [3.8, 4) is 0 Å². The molecule has 0 radical (unpaired) electrons. The topological polar surface area (TPSA) is 95.3 Å². The second-order valence-electron chi connectivity index (χ2n) is 10.9. The van der Waals surface area contributed by atoms with E-state index >= 15 is 0 Å². The van der Waals surface area contributed by atoms with Crippen molar-refractivity contribution in [1.82, 2.24) is 20.4 Å². The molecule has 1 aromatic carbocycles. The number of hydrogen-bond acceptors (Lipinski definition) is 5. The predicted molar refractivity (Wildman–Crippen MR) is 151 cm³/mol. The van der Waals surface area contributed by atoms with E-state index < -0.39 is 18.5 Å². The largest absolute Gasteiger partial charge is 0.348 e. The van der Waals surface area contributed by atoms with Crippen LogP contribution in [0.2, 0.25) is 0 Å². The maximum absolute atomic E-state index is 13.9. The Morgan fingerprint density at radius 1 is 1.18 bits per heavy atom. The minimum atomic E-state index is -3.06. The predicted octanol–water partition coefficient (Wildman–Crippen LogP) is 5.78. The Hall–Kier alpha value is -2.39. The maximum Gasteiger partial charge on any atom is 0.302 e. The Morgan fingerprint density at radius 3 is 2.39 bits per heavy atom. The molecule has 1 aliphatic heterocycles. The first kappa shape index (κ1) is 31.8. The van der Waals surface area contributed by atoms with Gasteiger partial charge in [-0.2, -0.15) is 8.78 Å². The summed E-state index contributed by atoms with van der Waals surface area (Å²) in [6.45, 7) is 12.1. The van der Waals surface area contributed by atoms with Gasteiger partial charge < -0.3 is 10.2 Å². The zero-order valence-electron chi connectivity index (χ0n) is 24.0. The number of piperidine rings is 1. The Bertz CT molecular complexity index is 910. The lowest BCUT2D eigenvalue weighted by atomic mass is 9.88. The van der Waals surface area contributed by atoms with Crippen LogP contribution in [0.5, 0.6) is 0 Å². The van der Waals surface area contributed by atoms with Gasteiger partial charge in [0.15, 0.2) is 0 Å². The van der Waals surface area contributed by atoms with E-state index in [1.807, 2.05) is 49.1 Å². The van der Waals surface area contributed by atoms with E-state index in [1.165, 1.54) is 0 Å². The summed E-state index contributed by atoms with van der Waals surface area (Å²) in [6.07, 6.45) is 3.34. The van der Waals surface area contributed by atoms with Crippen LogP contribution in [0.15, 0.2) is 30.3 Å². The van der Waals surface area contributed by atoms with E-state index in [0.717, 1.165) is 31.4 Å².